The number of aromatic nitrogens is 2. The first-order chi connectivity index (χ1) is 10.5. The monoisotopic (exact) mass is 305 g/mol. The molecule has 1 N–H and O–H groups in total. The second-order valence-electron chi connectivity index (χ2n) is 6.58. The Bertz CT molecular complexity index is 521. The van der Waals surface area contributed by atoms with Crippen LogP contribution in [-0.4, -0.2) is 77.7 Å². The number of nitrogens with zero attached hydrogens (tertiary/aromatic N) is 5. The zero-order chi connectivity index (χ0) is 15.7. The summed E-state index contributed by atoms with van der Waals surface area (Å²) in [6.45, 7) is 5.49. The molecule has 0 aromatic carbocycles. The van der Waals surface area contributed by atoms with Crippen molar-refractivity contribution in [1.82, 2.24) is 19.8 Å². The van der Waals surface area contributed by atoms with Gasteiger partial charge >= 0.3 is 5.97 Å². The number of fused-ring (bicyclic) bond motifs is 1. The van der Waals surface area contributed by atoms with Crippen LogP contribution in [0.25, 0.3) is 0 Å². The van der Waals surface area contributed by atoms with Gasteiger partial charge in [0.25, 0.3) is 0 Å². The molecule has 3 heterocycles. The van der Waals surface area contributed by atoms with Crippen molar-refractivity contribution in [3.63, 3.8) is 0 Å². The molecule has 2 atom stereocenters. The highest BCUT2D eigenvalue weighted by Gasteiger charge is 2.38. The normalized spacial score (nSPS) is 25.4. The van der Waals surface area contributed by atoms with Crippen molar-refractivity contribution in [1.29, 1.82) is 0 Å². The lowest BCUT2D eigenvalue weighted by Gasteiger charge is -2.19. The molecule has 7 heteroatoms. The molecule has 0 unspecified atom stereocenters. The molecule has 22 heavy (non-hydrogen) atoms. The van der Waals surface area contributed by atoms with Gasteiger partial charge in [-0.25, -0.2) is 9.97 Å². The fourth-order valence-corrected chi connectivity index (χ4v) is 3.61. The van der Waals surface area contributed by atoms with Crippen LogP contribution in [0.3, 0.4) is 0 Å². The zero-order valence-electron chi connectivity index (χ0n) is 13.1. The van der Waals surface area contributed by atoms with Gasteiger partial charge in [0, 0.05) is 57.7 Å². The lowest BCUT2D eigenvalue weighted by molar-refractivity contribution is -0.135. The van der Waals surface area contributed by atoms with E-state index in [9.17, 15) is 4.79 Å². The van der Waals surface area contributed by atoms with E-state index in [0.717, 1.165) is 37.0 Å². The summed E-state index contributed by atoms with van der Waals surface area (Å²) in [6, 6.07) is 0. The number of anilines is 1. The van der Waals surface area contributed by atoms with Gasteiger partial charge in [0.15, 0.2) is 0 Å². The lowest BCUT2D eigenvalue weighted by Crippen LogP contribution is -2.28. The van der Waals surface area contributed by atoms with Crippen molar-refractivity contribution in [3.05, 3.63) is 18.0 Å². The third-order valence-electron chi connectivity index (χ3n) is 4.56. The van der Waals surface area contributed by atoms with Gasteiger partial charge < -0.3 is 14.9 Å². The van der Waals surface area contributed by atoms with E-state index in [-0.39, 0.29) is 6.54 Å². The van der Waals surface area contributed by atoms with Gasteiger partial charge in [-0.3, -0.25) is 9.69 Å². The maximum atomic E-state index is 10.7. The molecule has 0 saturated carbocycles. The van der Waals surface area contributed by atoms with Crippen LogP contribution >= 0.6 is 0 Å². The summed E-state index contributed by atoms with van der Waals surface area (Å²) < 4.78 is 0. The van der Waals surface area contributed by atoms with Gasteiger partial charge in [-0.2, -0.15) is 0 Å². The predicted octanol–water partition coefficient (Wildman–Crippen LogP) is -0.00920. The number of carbonyl (C=O) groups is 1. The number of hydrogen-bond acceptors (Lipinski definition) is 6. The molecule has 1 aromatic rings. The number of rotatable bonds is 5. The van der Waals surface area contributed by atoms with E-state index in [1.54, 1.807) is 19.4 Å². The van der Waals surface area contributed by atoms with Gasteiger partial charge in [-0.05, 0) is 18.9 Å². The smallest absolute Gasteiger partial charge is 0.323 e. The molecule has 0 spiro atoms. The molecular weight excluding hydrogens is 282 g/mol. The summed E-state index contributed by atoms with van der Waals surface area (Å²) in [7, 11) is 3.88. The van der Waals surface area contributed by atoms with Crippen molar-refractivity contribution >= 4 is 11.9 Å². The Morgan fingerprint density at radius 3 is 2.41 bits per heavy atom. The van der Waals surface area contributed by atoms with Crippen molar-refractivity contribution in [2.45, 2.75) is 6.54 Å². The summed E-state index contributed by atoms with van der Waals surface area (Å²) in [4.78, 5) is 25.7. The average molecular weight is 305 g/mol. The molecule has 0 bridgehead atoms. The van der Waals surface area contributed by atoms with Crippen LogP contribution in [0.1, 0.15) is 5.56 Å². The lowest BCUT2D eigenvalue weighted by atomic mass is 10.0. The third kappa shape index (κ3) is 3.36. The first-order valence-corrected chi connectivity index (χ1v) is 7.66. The molecule has 120 valence electrons. The van der Waals surface area contributed by atoms with Crippen LogP contribution in [0, 0.1) is 11.8 Å². The molecule has 3 rings (SSSR count). The predicted molar refractivity (Wildman–Crippen MR) is 82.7 cm³/mol. The van der Waals surface area contributed by atoms with Crippen molar-refractivity contribution in [2.75, 3.05) is 51.7 Å². The largest absolute Gasteiger partial charge is 0.480 e. The van der Waals surface area contributed by atoms with Crippen LogP contribution < -0.4 is 4.90 Å². The van der Waals surface area contributed by atoms with Crippen LogP contribution in [0.4, 0.5) is 5.95 Å². The highest BCUT2D eigenvalue weighted by Crippen LogP contribution is 2.30. The van der Waals surface area contributed by atoms with Gasteiger partial charge in [-0.1, -0.05) is 0 Å². The second-order valence-corrected chi connectivity index (χ2v) is 6.58. The number of likely N-dealkylation sites (tertiary alicyclic amines) is 2. The number of aliphatic carboxylic acids is 1. The molecule has 2 fully saturated rings. The summed E-state index contributed by atoms with van der Waals surface area (Å²) in [6.07, 6.45) is 3.61. The van der Waals surface area contributed by atoms with E-state index in [1.165, 1.54) is 18.0 Å². The van der Waals surface area contributed by atoms with Gasteiger partial charge in [0.1, 0.15) is 6.54 Å². The standard InChI is InChI=1S/C15H23N5O2/c1-18-6-12-8-20(9-13(12)7-18)5-11-3-16-15(17-4-11)19(2)10-14(21)22/h3-4,12-13H,5-10H2,1-2H3,(H,21,22)/t12-,13+. The SMILES string of the molecule is CN1C[C@@H]2CN(Cc3cnc(N(C)CC(=O)O)nc3)C[C@@H]2C1. The fourth-order valence-electron chi connectivity index (χ4n) is 3.61. The van der Waals surface area contributed by atoms with Crippen LogP contribution in [0.15, 0.2) is 12.4 Å². The maximum absolute atomic E-state index is 10.7. The summed E-state index contributed by atoms with van der Waals surface area (Å²) in [5, 5.41) is 8.78. The van der Waals surface area contributed by atoms with Gasteiger partial charge in [-0.15, -0.1) is 0 Å². The molecule has 0 amide bonds. The Hall–Kier alpha value is -1.73. The highest BCUT2D eigenvalue weighted by molar-refractivity contribution is 5.72. The minimum Gasteiger partial charge on any atom is -0.480 e. The Morgan fingerprint density at radius 2 is 1.86 bits per heavy atom. The zero-order valence-corrected chi connectivity index (χ0v) is 13.1. The molecule has 0 radical (unpaired) electrons. The van der Waals surface area contributed by atoms with E-state index in [0.29, 0.717) is 5.95 Å². The number of carboxylic acid groups (broad SMARTS) is 1. The Kier molecular flexibility index (Phi) is 4.26. The Labute approximate surface area is 130 Å². The Balaban J connectivity index is 1.55. The fraction of sp³-hybridized carbons (Fsp3) is 0.667. The topological polar surface area (TPSA) is 72.8 Å². The molecular formula is C15H23N5O2. The van der Waals surface area contributed by atoms with E-state index in [2.05, 4.69) is 26.8 Å². The first-order valence-electron chi connectivity index (χ1n) is 7.66. The van der Waals surface area contributed by atoms with Crippen molar-refractivity contribution in [2.24, 2.45) is 11.8 Å². The van der Waals surface area contributed by atoms with E-state index < -0.39 is 5.97 Å². The highest BCUT2D eigenvalue weighted by atomic mass is 16.4. The maximum Gasteiger partial charge on any atom is 0.323 e. The van der Waals surface area contributed by atoms with Crippen LogP contribution in [0.2, 0.25) is 0 Å². The number of carboxylic acids is 1. The molecule has 2 aliphatic rings. The molecule has 7 nitrogen and oxygen atoms in total. The van der Waals surface area contributed by atoms with Gasteiger partial charge in [0.2, 0.25) is 5.95 Å². The van der Waals surface area contributed by atoms with Crippen molar-refractivity contribution in [3.8, 4) is 0 Å². The number of likely N-dealkylation sites (N-methyl/N-ethyl adjacent to an activating group) is 1. The molecule has 2 saturated heterocycles. The molecule has 0 aliphatic carbocycles. The minimum atomic E-state index is -0.885. The summed E-state index contributed by atoms with van der Waals surface area (Å²) >= 11 is 0. The third-order valence-corrected chi connectivity index (χ3v) is 4.56. The second kappa shape index (κ2) is 6.18. The summed E-state index contributed by atoms with van der Waals surface area (Å²) in [5.74, 6) is 1.16. The molecule has 2 aliphatic heterocycles. The summed E-state index contributed by atoms with van der Waals surface area (Å²) in [5.41, 5.74) is 1.08. The molecule has 1 aromatic heterocycles. The average Bonchev–Trinajstić information content (AvgIpc) is 2.95. The van der Waals surface area contributed by atoms with E-state index in [4.69, 9.17) is 5.11 Å². The van der Waals surface area contributed by atoms with E-state index >= 15 is 0 Å². The van der Waals surface area contributed by atoms with Crippen molar-refractivity contribution < 1.29 is 9.90 Å². The van der Waals surface area contributed by atoms with Crippen LogP contribution in [0.5, 0.6) is 0 Å². The minimum absolute atomic E-state index is 0.0949. The Morgan fingerprint density at radius 1 is 1.27 bits per heavy atom. The van der Waals surface area contributed by atoms with E-state index in [1.807, 2.05) is 0 Å². The van der Waals surface area contributed by atoms with Crippen LogP contribution in [-0.2, 0) is 11.3 Å². The number of hydrogen-bond donors (Lipinski definition) is 1. The quantitative estimate of drug-likeness (QED) is 0.820. The van der Waals surface area contributed by atoms with Gasteiger partial charge in [0.05, 0.1) is 0 Å². The first kappa shape index (κ1) is 15.2.